The van der Waals surface area contributed by atoms with Gasteiger partial charge in [-0.2, -0.15) is 26.3 Å². The third-order valence-electron chi connectivity index (χ3n) is 0.609. The minimum absolute atomic E-state index is 0. The fourth-order valence-electron chi connectivity index (χ4n) is 0. The van der Waals surface area contributed by atoms with E-state index in [2.05, 4.69) is 0 Å². The van der Waals surface area contributed by atoms with Crippen LogP contribution < -0.4 is 37.7 Å². The first-order chi connectivity index (χ1) is 6.50. The van der Waals surface area contributed by atoms with Crippen molar-refractivity contribution in [3.8, 4) is 0 Å². The summed E-state index contributed by atoms with van der Waals surface area (Å²) in [4.78, 5) is 0. The molecule has 0 saturated heterocycles. The van der Waals surface area contributed by atoms with Crippen molar-refractivity contribution in [3.05, 3.63) is 0 Å². The van der Waals surface area contributed by atoms with Crippen LogP contribution in [0.25, 0.3) is 0 Å². The summed E-state index contributed by atoms with van der Waals surface area (Å²) >= 11 is 0. The monoisotopic (exact) mass is 310 g/mol. The minimum Gasteiger partial charge on any atom is -0.758 e. The van der Waals surface area contributed by atoms with Gasteiger partial charge >= 0.3 is 48.7 Å². The maximum absolute atomic E-state index is 10.8. The van der Waals surface area contributed by atoms with E-state index in [9.17, 15) is 43.9 Å². The Kier molecular flexibility index (Phi) is 12.0. The third-order valence-corrected chi connectivity index (χ3v) is 1.83. The second-order valence-corrected chi connectivity index (χ2v) is 4.84. The number of hydrogen-bond acceptors (Lipinski definition) is 6. The van der Waals surface area contributed by atoms with Crippen molar-refractivity contribution in [2.24, 2.45) is 0 Å². The maximum atomic E-state index is 10.8. The van der Waals surface area contributed by atoms with Crippen molar-refractivity contribution < 1.29 is 81.6 Å². The molecule has 0 saturated carbocycles. The summed E-state index contributed by atoms with van der Waals surface area (Å²) in [6.07, 6.45) is 0. The second-order valence-electron chi connectivity index (χ2n) is 1.90. The Labute approximate surface area is 122 Å². The molecule has 6 nitrogen and oxygen atoms in total. The van der Waals surface area contributed by atoms with Crippen LogP contribution in [0, 0.1) is 9.56 Å². The number of nitrogens with one attached hydrogen (secondary N) is 2. The Hall–Kier alpha value is 0.595. The van der Waals surface area contributed by atoms with Gasteiger partial charge in [0.15, 0.2) is 0 Å². The van der Waals surface area contributed by atoms with Crippen LogP contribution in [0.2, 0.25) is 0 Å². The number of hydrogen-bond donors (Lipinski definition) is 2. The molecular weight excluding hydrogens is 308 g/mol. The molecule has 0 aliphatic carbocycles. The minimum atomic E-state index is -5.59. The largest absolute Gasteiger partial charge is 1.00 e. The normalized spacial score (nSPS) is 17.8. The Morgan fingerprint density at radius 3 is 0.778 bits per heavy atom. The van der Waals surface area contributed by atoms with E-state index in [0.717, 1.165) is 0 Å². The molecule has 0 radical (unpaired) electrons. The second kappa shape index (κ2) is 8.01. The van der Waals surface area contributed by atoms with Gasteiger partial charge in [-0.25, -0.2) is 0 Å². The van der Waals surface area contributed by atoms with E-state index >= 15 is 0 Å². The summed E-state index contributed by atoms with van der Waals surface area (Å²) in [6, 6.07) is 0. The predicted molar refractivity (Wildman–Crippen MR) is 35.4 cm³/mol. The van der Waals surface area contributed by atoms with Gasteiger partial charge in [-0.15, -0.1) is 0 Å². The number of rotatable bonds is 0. The predicted octanol–water partition coefficient (Wildman–Crippen LogP) is -4.63. The van der Waals surface area contributed by atoms with Crippen LogP contribution in [-0.2, 0) is 20.0 Å². The van der Waals surface area contributed by atoms with E-state index in [1.165, 1.54) is 0 Å². The van der Waals surface area contributed by atoms with Crippen LogP contribution >= 0.6 is 0 Å². The average molecular weight is 310 g/mol. The standard InChI is InChI=1S/2CH2F3NO2S.2Li/c2*2-1(3,4)8(5,6)7;;/h2*(H2,5,6,7);;/q;;2*+1/p-2. The van der Waals surface area contributed by atoms with Gasteiger partial charge < -0.3 is 9.11 Å². The van der Waals surface area contributed by atoms with Crippen LogP contribution in [-0.4, -0.2) is 28.5 Å². The van der Waals surface area contributed by atoms with E-state index in [-0.39, 0.29) is 37.7 Å². The van der Waals surface area contributed by atoms with Crippen LogP contribution in [0.15, 0.2) is 0 Å². The molecule has 0 rings (SSSR count). The topological polar surface area (TPSA) is 128 Å². The average Bonchev–Trinajstić information content (AvgIpc) is 1.77. The summed E-state index contributed by atoms with van der Waals surface area (Å²) < 4.78 is 112. The summed E-state index contributed by atoms with van der Waals surface area (Å²) in [5.41, 5.74) is -10.8. The van der Waals surface area contributed by atoms with Crippen molar-refractivity contribution in [1.29, 1.82) is 9.56 Å². The van der Waals surface area contributed by atoms with Crippen LogP contribution in [0.3, 0.4) is 0 Å². The van der Waals surface area contributed by atoms with Gasteiger partial charge in [-0.1, -0.05) is 0 Å². The van der Waals surface area contributed by atoms with Gasteiger partial charge in [0.1, 0.15) is 0 Å². The van der Waals surface area contributed by atoms with E-state index in [1.54, 1.807) is 0 Å². The Morgan fingerprint density at radius 1 is 0.722 bits per heavy atom. The molecule has 0 aromatic rings. The smallest absolute Gasteiger partial charge is 0.758 e. The molecule has 0 aliphatic rings. The zero-order valence-electron chi connectivity index (χ0n) is 8.72. The van der Waals surface area contributed by atoms with E-state index in [1.807, 2.05) is 0 Å². The summed E-state index contributed by atoms with van der Waals surface area (Å²) in [5, 5.41) is 0. The first kappa shape index (κ1) is 27.0. The van der Waals surface area contributed by atoms with Crippen LogP contribution in [0.5, 0.6) is 0 Å². The molecular formula is C2H2F6Li2N2O4S2. The van der Waals surface area contributed by atoms with Gasteiger partial charge in [0.2, 0.25) is 0 Å². The third kappa shape index (κ3) is 11.7. The molecule has 2 unspecified atom stereocenters. The molecule has 2 atom stereocenters. The summed E-state index contributed by atoms with van der Waals surface area (Å²) in [6.45, 7) is 0. The molecule has 0 aliphatic heterocycles. The number of alkyl halides is 6. The van der Waals surface area contributed by atoms with Crippen molar-refractivity contribution in [2.45, 2.75) is 11.0 Å². The zero-order valence-corrected chi connectivity index (χ0v) is 10.4. The molecule has 16 heteroatoms. The molecule has 0 heterocycles. The van der Waals surface area contributed by atoms with Gasteiger partial charge in [0.25, 0.3) is 0 Å². The Balaban J connectivity index is -0.0000000980. The molecule has 0 spiro atoms. The fraction of sp³-hybridized carbons (Fsp3) is 1.00. The molecule has 0 bridgehead atoms. The van der Waals surface area contributed by atoms with Gasteiger partial charge in [-0.3, -0.25) is 18.0 Å². The van der Waals surface area contributed by atoms with Crippen molar-refractivity contribution >= 4 is 20.0 Å². The maximum Gasteiger partial charge on any atom is 1.00 e. The van der Waals surface area contributed by atoms with E-state index in [4.69, 9.17) is 9.56 Å². The molecule has 0 fully saturated rings. The van der Waals surface area contributed by atoms with E-state index < -0.39 is 31.0 Å². The van der Waals surface area contributed by atoms with Gasteiger partial charge in [-0.05, 0) is 0 Å². The summed E-state index contributed by atoms with van der Waals surface area (Å²) in [5.74, 6) is 0. The Morgan fingerprint density at radius 2 is 0.778 bits per heavy atom. The summed E-state index contributed by atoms with van der Waals surface area (Å²) in [7, 11) is -11.2. The quantitative estimate of drug-likeness (QED) is 0.344. The molecule has 0 aromatic heterocycles. The number of halogens is 6. The SMILES string of the molecule is N=S(=O)([O-])C(F)(F)F.N=S(=O)([O-])C(F)(F)F.[Li+].[Li+]. The molecule has 0 amide bonds. The van der Waals surface area contributed by atoms with Gasteiger partial charge in [0, 0.05) is 0 Å². The van der Waals surface area contributed by atoms with Gasteiger partial charge in [0.05, 0.1) is 20.0 Å². The molecule has 100 valence electrons. The van der Waals surface area contributed by atoms with Crippen LogP contribution in [0.1, 0.15) is 0 Å². The van der Waals surface area contributed by atoms with Crippen LogP contribution in [0.4, 0.5) is 26.3 Å². The first-order valence-electron chi connectivity index (χ1n) is 2.62. The molecule has 0 aromatic carbocycles. The first-order valence-corrected chi connectivity index (χ1v) is 5.58. The van der Waals surface area contributed by atoms with Crippen molar-refractivity contribution in [3.63, 3.8) is 0 Å². The zero-order chi connectivity index (χ0) is 14.0. The molecule has 18 heavy (non-hydrogen) atoms. The van der Waals surface area contributed by atoms with Crippen molar-refractivity contribution in [1.82, 2.24) is 0 Å². The Bertz CT molecular complexity index is 383. The van der Waals surface area contributed by atoms with Crippen molar-refractivity contribution in [2.75, 3.05) is 0 Å². The molecule has 2 N–H and O–H groups in total. The fourth-order valence-corrected chi connectivity index (χ4v) is 0. The van der Waals surface area contributed by atoms with E-state index in [0.29, 0.717) is 0 Å².